The normalized spacial score (nSPS) is 14.0. The first-order chi connectivity index (χ1) is 12.7. The average molecular weight is 368 g/mol. The van der Waals surface area contributed by atoms with Gasteiger partial charge in [0.25, 0.3) is 0 Å². The molecule has 0 bridgehead atoms. The molecule has 3 aromatic rings. The molecule has 0 atom stereocenters. The minimum atomic E-state index is -0.383. The third-order valence-electron chi connectivity index (χ3n) is 4.06. The van der Waals surface area contributed by atoms with Crippen LogP contribution >= 0.6 is 11.3 Å². The highest BCUT2D eigenvalue weighted by molar-refractivity contribution is 7.13. The van der Waals surface area contributed by atoms with Crippen molar-refractivity contribution >= 4 is 28.9 Å². The predicted molar refractivity (Wildman–Crippen MR) is 97.2 cm³/mol. The summed E-state index contributed by atoms with van der Waals surface area (Å²) in [5, 5.41) is 2.55. The Morgan fingerprint density at radius 2 is 2.12 bits per heavy atom. The van der Waals surface area contributed by atoms with Crippen LogP contribution < -0.4 is 9.64 Å². The molecule has 26 heavy (non-hydrogen) atoms. The van der Waals surface area contributed by atoms with Gasteiger partial charge < -0.3 is 14.1 Å². The van der Waals surface area contributed by atoms with Crippen molar-refractivity contribution in [3.05, 3.63) is 53.7 Å². The van der Waals surface area contributed by atoms with Gasteiger partial charge in [0.15, 0.2) is 10.8 Å². The van der Waals surface area contributed by atoms with Crippen LogP contribution in [0, 0.1) is 0 Å². The van der Waals surface area contributed by atoms with Gasteiger partial charge in [-0.25, -0.2) is 4.98 Å². The van der Waals surface area contributed by atoms with Crippen molar-refractivity contribution in [2.75, 3.05) is 11.4 Å². The summed E-state index contributed by atoms with van der Waals surface area (Å²) in [5.74, 6) is 0.880. The zero-order valence-electron chi connectivity index (χ0n) is 13.9. The van der Waals surface area contributed by atoms with Crippen molar-refractivity contribution < 1.29 is 18.7 Å². The number of carbonyl (C=O) groups is 2. The van der Waals surface area contributed by atoms with Gasteiger partial charge in [-0.1, -0.05) is 0 Å². The molecule has 0 radical (unpaired) electrons. The van der Waals surface area contributed by atoms with Crippen LogP contribution in [0.2, 0.25) is 0 Å². The predicted octanol–water partition coefficient (Wildman–Crippen LogP) is 3.68. The fraction of sp³-hybridized carbons (Fsp3) is 0.211. The van der Waals surface area contributed by atoms with E-state index in [9.17, 15) is 9.59 Å². The number of hydrogen-bond donors (Lipinski definition) is 0. The van der Waals surface area contributed by atoms with E-state index in [1.807, 2.05) is 11.4 Å². The Morgan fingerprint density at radius 1 is 1.27 bits per heavy atom. The monoisotopic (exact) mass is 368 g/mol. The molecule has 132 valence electrons. The van der Waals surface area contributed by atoms with E-state index in [0.29, 0.717) is 23.6 Å². The Balaban J connectivity index is 1.37. The van der Waals surface area contributed by atoms with E-state index >= 15 is 0 Å². The van der Waals surface area contributed by atoms with Gasteiger partial charge in [-0.05, 0) is 42.8 Å². The first-order valence-corrected chi connectivity index (χ1v) is 9.16. The maximum atomic E-state index is 12.1. The second-order valence-corrected chi connectivity index (χ2v) is 6.77. The molecule has 0 saturated carbocycles. The van der Waals surface area contributed by atoms with Crippen molar-refractivity contribution in [1.29, 1.82) is 0 Å². The van der Waals surface area contributed by atoms with Gasteiger partial charge in [-0.2, -0.15) is 0 Å². The zero-order chi connectivity index (χ0) is 17.9. The highest BCUT2D eigenvalue weighted by Crippen LogP contribution is 2.26. The van der Waals surface area contributed by atoms with Gasteiger partial charge in [-0.15, -0.1) is 11.3 Å². The standard InChI is InChI=1S/C19H16N2O4S/c22-17-4-1-9-21(17)14-5-7-15(8-6-14)25-18(23)11-13-12-26-19(20-13)16-3-2-10-24-16/h2-3,5-8,10,12H,1,4,9,11H2. The SMILES string of the molecule is O=C(Cc1csc(-c2ccco2)n1)Oc1ccc(N2CCCC2=O)cc1. The number of carbonyl (C=O) groups excluding carboxylic acids is 2. The van der Waals surface area contributed by atoms with Gasteiger partial charge in [0.1, 0.15) is 5.75 Å². The van der Waals surface area contributed by atoms with Crippen molar-refractivity contribution in [3.8, 4) is 16.5 Å². The smallest absolute Gasteiger partial charge is 0.317 e. The van der Waals surface area contributed by atoms with Gasteiger partial charge in [0.05, 0.1) is 18.4 Å². The van der Waals surface area contributed by atoms with E-state index in [2.05, 4.69) is 4.98 Å². The van der Waals surface area contributed by atoms with Gasteiger partial charge in [0.2, 0.25) is 5.91 Å². The third-order valence-corrected chi connectivity index (χ3v) is 4.97. The molecule has 0 unspecified atom stereocenters. The molecule has 1 aliphatic heterocycles. The first-order valence-electron chi connectivity index (χ1n) is 8.28. The summed E-state index contributed by atoms with van der Waals surface area (Å²) in [6, 6.07) is 10.6. The second kappa shape index (κ2) is 7.13. The van der Waals surface area contributed by atoms with Crippen LogP contribution in [0.1, 0.15) is 18.5 Å². The number of nitrogens with zero attached hydrogens (tertiary/aromatic N) is 2. The van der Waals surface area contributed by atoms with Crippen molar-refractivity contribution in [2.45, 2.75) is 19.3 Å². The molecule has 2 aromatic heterocycles. The number of aromatic nitrogens is 1. The van der Waals surface area contributed by atoms with Gasteiger partial charge in [0, 0.05) is 24.0 Å². The number of amides is 1. The molecule has 0 spiro atoms. The van der Waals surface area contributed by atoms with Gasteiger partial charge >= 0.3 is 5.97 Å². The number of benzene rings is 1. The molecule has 0 N–H and O–H groups in total. The first kappa shape index (κ1) is 16.5. The molecular weight excluding hydrogens is 352 g/mol. The maximum Gasteiger partial charge on any atom is 0.317 e. The van der Waals surface area contributed by atoms with E-state index < -0.39 is 0 Å². The van der Waals surface area contributed by atoms with Crippen LogP contribution in [-0.4, -0.2) is 23.4 Å². The van der Waals surface area contributed by atoms with Crippen molar-refractivity contribution in [2.24, 2.45) is 0 Å². The average Bonchev–Trinajstić information content (AvgIpc) is 3.37. The van der Waals surface area contributed by atoms with E-state index in [1.54, 1.807) is 41.5 Å². The molecule has 1 fully saturated rings. The lowest BCUT2D eigenvalue weighted by molar-refractivity contribution is -0.133. The number of rotatable bonds is 5. The lowest BCUT2D eigenvalue weighted by Crippen LogP contribution is -2.23. The third kappa shape index (κ3) is 3.52. The van der Waals surface area contributed by atoms with Crippen LogP contribution in [0.15, 0.2) is 52.5 Å². The van der Waals surface area contributed by atoms with Crippen LogP contribution in [0.5, 0.6) is 5.75 Å². The summed E-state index contributed by atoms with van der Waals surface area (Å²) in [4.78, 5) is 30.0. The second-order valence-electron chi connectivity index (χ2n) is 5.91. The van der Waals surface area contributed by atoms with Crippen molar-refractivity contribution in [1.82, 2.24) is 4.98 Å². The fourth-order valence-corrected chi connectivity index (χ4v) is 3.62. The minimum absolute atomic E-state index is 0.0869. The summed E-state index contributed by atoms with van der Waals surface area (Å²) in [5.41, 5.74) is 1.47. The Morgan fingerprint density at radius 3 is 2.81 bits per heavy atom. The highest BCUT2D eigenvalue weighted by Gasteiger charge is 2.21. The molecule has 4 rings (SSSR count). The number of esters is 1. The molecule has 3 heterocycles. The largest absolute Gasteiger partial charge is 0.462 e. The summed E-state index contributed by atoms with van der Waals surface area (Å²) >= 11 is 1.42. The number of hydrogen-bond acceptors (Lipinski definition) is 6. The van der Waals surface area contributed by atoms with Crippen LogP contribution in [-0.2, 0) is 16.0 Å². The molecule has 1 aromatic carbocycles. The maximum absolute atomic E-state index is 12.1. The number of ether oxygens (including phenoxy) is 1. The molecular formula is C19H16N2O4S. The van der Waals surface area contributed by atoms with Crippen LogP contribution in [0.4, 0.5) is 5.69 Å². The van der Waals surface area contributed by atoms with Gasteiger partial charge in [-0.3, -0.25) is 9.59 Å². The fourth-order valence-electron chi connectivity index (χ4n) is 2.83. The Bertz CT molecular complexity index is 915. The van der Waals surface area contributed by atoms with E-state index in [-0.39, 0.29) is 18.3 Å². The minimum Gasteiger partial charge on any atom is -0.462 e. The lowest BCUT2D eigenvalue weighted by Gasteiger charge is -2.15. The van der Waals surface area contributed by atoms with E-state index in [1.165, 1.54) is 11.3 Å². The van der Waals surface area contributed by atoms with Crippen molar-refractivity contribution in [3.63, 3.8) is 0 Å². The summed E-state index contributed by atoms with van der Waals surface area (Å²) in [7, 11) is 0. The van der Waals surface area contributed by atoms with E-state index in [0.717, 1.165) is 23.7 Å². The van der Waals surface area contributed by atoms with E-state index in [4.69, 9.17) is 9.15 Å². The topological polar surface area (TPSA) is 72.6 Å². The molecule has 6 nitrogen and oxygen atoms in total. The number of thiazole rings is 1. The lowest BCUT2D eigenvalue weighted by atomic mass is 10.2. The molecule has 0 aliphatic carbocycles. The zero-order valence-corrected chi connectivity index (χ0v) is 14.7. The Labute approximate surface area is 154 Å². The summed E-state index contributed by atoms with van der Waals surface area (Å²) in [6.07, 6.45) is 3.14. The molecule has 1 amide bonds. The summed E-state index contributed by atoms with van der Waals surface area (Å²) < 4.78 is 10.7. The summed E-state index contributed by atoms with van der Waals surface area (Å²) in [6.45, 7) is 0.736. The molecule has 1 saturated heterocycles. The number of anilines is 1. The number of furan rings is 1. The van der Waals surface area contributed by atoms with Crippen LogP contribution in [0.3, 0.4) is 0 Å². The Kier molecular flexibility index (Phi) is 4.53. The molecule has 1 aliphatic rings. The van der Waals surface area contributed by atoms with Crippen LogP contribution in [0.25, 0.3) is 10.8 Å². The molecule has 7 heteroatoms. The Hall–Kier alpha value is -2.93. The quantitative estimate of drug-likeness (QED) is 0.507. The highest BCUT2D eigenvalue weighted by atomic mass is 32.1.